The van der Waals surface area contributed by atoms with Gasteiger partial charge in [-0.25, -0.2) is 29.5 Å². The second kappa shape index (κ2) is 17.4. The van der Waals surface area contributed by atoms with Crippen LogP contribution in [0.3, 0.4) is 0 Å². The predicted molar refractivity (Wildman–Crippen MR) is 219 cm³/mol. The van der Waals surface area contributed by atoms with E-state index in [4.69, 9.17) is 32.2 Å². The van der Waals surface area contributed by atoms with Gasteiger partial charge >= 0.3 is 11.9 Å². The van der Waals surface area contributed by atoms with E-state index in [-0.39, 0.29) is 47.0 Å². The Morgan fingerprint density at radius 1 is 0.780 bits per heavy atom. The molecule has 0 spiro atoms. The number of anilines is 3. The van der Waals surface area contributed by atoms with E-state index in [0.717, 1.165) is 62.1 Å². The van der Waals surface area contributed by atoms with Gasteiger partial charge in [-0.15, -0.1) is 0 Å². The number of hydrogen-bond acceptors (Lipinski definition) is 13. The van der Waals surface area contributed by atoms with Crippen LogP contribution in [0.5, 0.6) is 0 Å². The van der Waals surface area contributed by atoms with Crippen LogP contribution in [-0.2, 0) is 4.74 Å². The zero-order valence-corrected chi connectivity index (χ0v) is 33.5. The van der Waals surface area contributed by atoms with E-state index < -0.39 is 11.9 Å². The first-order valence-electron chi connectivity index (χ1n) is 19.1. The van der Waals surface area contributed by atoms with Gasteiger partial charge in [0.25, 0.3) is 11.8 Å². The molecule has 2 fully saturated rings. The smallest absolute Gasteiger partial charge is 0.341 e. The normalized spacial score (nSPS) is 14.2. The number of rotatable bonds is 10. The summed E-state index contributed by atoms with van der Waals surface area (Å²) in [6.07, 6.45) is 14.1. The Morgan fingerprint density at radius 2 is 1.36 bits per heavy atom. The summed E-state index contributed by atoms with van der Waals surface area (Å²) < 4.78 is 9.48. The number of carbonyl (C=O) groups excluding carboxylic acids is 3. The van der Waals surface area contributed by atoms with Gasteiger partial charge in [0.15, 0.2) is 6.73 Å². The highest BCUT2D eigenvalue weighted by Crippen LogP contribution is 2.36. The lowest BCUT2D eigenvalue weighted by atomic mass is 10.2. The van der Waals surface area contributed by atoms with Crippen molar-refractivity contribution in [1.29, 1.82) is 0 Å². The standard InChI is InChI=1S/C34H37ClN10O4.C6H6N2O2/c1-42(2)30(46)25-14-22-18-38-34(41-29(22)44(25)23-8-4-5-9-23)39-27-13-12-20(16-36-27)32(48)49-19-43(3)31(47)26-15-21-17-37-33(35)40-28(21)45(26)24-10-6-7-11-24;7-5-2-1-4(3-8-5)6(9)10/h12-18,23-24H,4-11,19H2,1-3H3,(H,36,38,39,41);1-3H,(H2,7,8)(H,9,10). The van der Waals surface area contributed by atoms with Gasteiger partial charge in [-0.3, -0.25) is 9.59 Å². The number of hydrogen-bond donors (Lipinski definition) is 3. The molecule has 0 aliphatic heterocycles. The number of aromatic carboxylic acids is 1. The summed E-state index contributed by atoms with van der Waals surface area (Å²) in [6, 6.07) is 10.00. The summed E-state index contributed by atoms with van der Waals surface area (Å²) >= 11 is 6.09. The largest absolute Gasteiger partial charge is 0.478 e. The number of fused-ring (bicyclic) bond motifs is 2. The van der Waals surface area contributed by atoms with Crippen LogP contribution in [0.15, 0.2) is 61.2 Å². The summed E-state index contributed by atoms with van der Waals surface area (Å²) in [5.74, 6) is -0.933. The number of amides is 2. The van der Waals surface area contributed by atoms with Crippen LogP contribution in [0.1, 0.15) is 105 Å². The monoisotopic (exact) mass is 822 g/mol. The van der Waals surface area contributed by atoms with Crippen LogP contribution in [0.2, 0.25) is 5.28 Å². The number of aromatic nitrogens is 8. The number of carboxylic acid groups (broad SMARTS) is 1. The molecule has 19 heteroatoms. The van der Waals surface area contributed by atoms with Gasteiger partial charge in [0.1, 0.15) is 34.3 Å². The average Bonchev–Trinajstić information content (AvgIpc) is 4.06. The second-order valence-electron chi connectivity index (χ2n) is 14.7. The third-order valence-electron chi connectivity index (χ3n) is 10.4. The third-order valence-corrected chi connectivity index (χ3v) is 10.5. The number of carbonyl (C=O) groups is 4. The Labute approximate surface area is 343 Å². The molecule has 4 N–H and O–H groups in total. The van der Waals surface area contributed by atoms with E-state index in [2.05, 4.69) is 30.2 Å². The highest BCUT2D eigenvalue weighted by Gasteiger charge is 2.29. The van der Waals surface area contributed by atoms with Crippen molar-refractivity contribution in [1.82, 2.24) is 48.8 Å². The van der Waals surface area contributed by atoms with Crippen LogP contribution in [-0.4, -0.2) is 106 Å². The molecule has 8 rings (SSSR count). The van der Waals surface area contributed by atoms with Crippen molar-refractivity contribution in [2.45, 2.75) is 63.5 Å². The number of nitrogens with one attached hydrogen (secondary N) is 1. The number of nitrogen functional groups attached to an aromatic ring is 1. The van der Waals surface area contributed by atoms with Gasteiger partial charge in [0, 0.05) is 68.8 Å². The maximum Gasteiger partial charge on any atom is 0.341 e. The fourth-order valence-corrected chi connectivity index (χ4v) is 7.53. The van der Waals surface area contributed by atoms with Crippen molar-refractivity contribution < 1.29 is 29.0 Å². The molecule has 6 heterocycles. The zero-order chi connectivity index (χ0) is 41.8. The Morgan fingerprint density at radius 3 is 1.92 bits per heavy atom. The molecule has 0 radical (unpaired) electrons. The van der Waals surface area contributed by atoms with Gasteiger partial charge in [-0.1, -0.05) is 25.7 Å². The molecule has 6 aromatic rings. The first-order chi connectivity index (χ1) is 28.4. The summed E-state index contributed by atoms with van der Waals surface area (Å²) in [6.45, 7) is -0.261. The number of ether oxygens (including phenoxy) is 1. The first-order valence-corrected chi connectivity index (χ1v) is 19.5. The van der Waals surface area contributed by atoms with Crippen LogP contribution in [0.25, 0.3) is 22.1 Å². The Bertz CT molecular complexity index is 2510. The lowest BCUT2D eigenvalue weighted by Crippen LogP contribution is -2.32. The molecule has 2 aliphatic rings. The molecular weight excluding hydrogens is 780 g/mol. The summed E-state index contributed by atoms with van der Waals surface area (Å²) in [4.78, 5) is 78.3. The molecule has 6 aromatic heterocycles. The van der Waals surface area contributed by atoms with Crippen LogP contribution < -0.4 is 11.1 Å². The van der Waals surface area contributed by atoms with Crippen molar-refractivity contribution in [3.63, 3.8) is 0 Å². The van der Waals surface area contributed by atoms with E-state index in [0.29, 0.717) is 40.3 Å². The summed E-state index contributed by atoms with van der Waals surface area (Å²) in [5.41, 5.74) is 7.95. The van der Waals surface area contributed by atoms with Crippen molar-refractivity contribution in [3.05, 3.63) is 89.0 Å². The fourth-order valence-electron chi connectivity index (χ4n) is 7.41. The molecule has 2 saturated carbocycles. The van der Waals surface area contributed by atoms with Crippen molar-refractivity contribution >= 4 is 75.0 Å². The molecule has 306 valence electrons. The lowest BCUT2D eigenvalue weighted by Gasteiger charge is -2.21. The highest BCUT2D eigenvalue weighted by atomic mass is 35.5. The van der Waals surface area contributed by atoms with E-state index in [9.17, 15) is 19.2 Å². The highest BCUT2D eigenvalue weighted by molar-refractivity contribution is 6.28. The van der Waals surface area contributed by atoms with E-state index >= 15 is 0 Å². The van der Waals surface area contributed by atoms with Crippen LogP contribution in [0.4, 0.5) is 17.6 Å². The molecule has 0 saturated heterocycles. The molecule has 18 nitrogen and oxygen atoms in total. The van der Waals surface area contributed by atoms with Crippen molar-refractivity contribution in [3.8, 4) is 0 Å². The van der Waals surface area contributed by atoms with E-state index in [1.54, 1.807) is 56.6 Å². The Hall–Kier alpha value is -6.69. The maximum absolute atomic E-state index is 13.6. The third kappa shape index (κ3) is 8.91. The first kappa shape index (κ1) is 40.5. The number of carboxylic acids is 1. The Balaban J connectivity index is 0.000000463. The second-order valence-corrected chi connectivity index (χ2v) is 15.0. The van der Waals surface area contributed by atoms with Gasteiger partial charge in [-0.2, -0.15) is 9.97 Å². The SMILES string of the molecule is CN(C)C(=O)c1cc2cnc(Nc3ccc(C(=O)OCN(C)C(=O)c4cc5cnc(Cl)nc5n4C4CCCC4)cn3)nc2n1C1CCCC1.Nc1ccc(C(=O)O)cn1. The van der Waals surface area contributed by atoms with Crippen LogP contribution in [0, 0.1) is 0 Å². The summed E-state index contributed by atoms with van der Waals surface area (Å²) in [7, 11) is 5.06. The topological polar surface area (TPSA) is 229 Å². The lowest BCUT2D eigenvalue weighted by molar-refractivity contribution is 0.0255. The molecule has 0 atom stereocenters. The van der Waals surface area contributed by atoms with Gasteiger partial charge in [-0.05, 0) is 73.7 Å². The van der Waals surface area contributed by atoms with Crippen molar-refractivity contribution in [2.75, 3.05) is 38.9 Å². The number of halogens is 1. The van der Waals surface area contributed by atoms with E-state index in [1.807, 2.05) is 15.2 Å². The molecule has 0 aromatic carbocycles. The minimum atomic E-state index is -0.993. The average molecular weight is 823 g/mol. The molecule has 0 unspecified atom stereocenters. The predicted octanol–water partition coefficient (Wildman–Crippen LogP) is 6.15. The molecular formula is C40H43ClN12O6. The minimum Gasteiger partial charge on any atom is -0.478 e. The molecule has 2 amide bonds. The fraction of sp³-hybridized carbons (Fsp3) is 0.350. The minimum absolute atomic E-state index is 0.0773. The van der Waals surface area contributed by atoms with Crippen LogP contribution >= 0.6 is 11.6 Å². The Kier molecular flexibility index (Phi) is 12.0. The number of esters is 1. The molecule has 2 aliphatic carbocycles. The van der Waals surface area contributed by atoms with Gasteiger partial charge in [0.2, 0.25) is 11.2 Å². The van der Waals surface area contributed by atoms with Gasteiger partial charge in [0.05, 0.1) is 11.1 Å². The quantitative estimate of drug-likeness (QED) is 0.0800. The number of nitrogens with zero attached hydrogens (tertiary/aromatic N) is 10. The maximum atomic E-state index is 13.6. The molecule has 0 bridgehead atoms. The number of nitrogens with two attached hydrogens (primary N) is 1. The zero-order valence-electron chi connectivity index (χ0n) is 32.7. The molecule has 59 heavy (non-hydrogen) atoms. The summed E-state index contributed by atoms with van der Waals surface area (Å²) in [5, 5.41) is 13.1. The van der Waals surface area contributed by atoms with Gasteiger partial charge < -0.3 is 39.8 Å². The van der Waals surface area contributed by atoms with Crippen molar-refractivity contribution in [2.24, 2.45) is 0 Å². The van der Waals surface area contributed by atoms with E-state index in [1.165, 1.54) is 29.4 Å². The number of pyridine rings is 2.